The number of hydrogen-bond acceptors (Lipinski definition) is 3. The van der Waals surface area contributed by atoms with Gasteiger partial charge in [0.15, 0.2) is 0 Å². The SMILES string of the molecule is C=C[Si](CC)(CC)c1ccc(C(=O)OOC2CCCCCCCCCCC2)cc1. The Morgan fingerprint density at radius 2 is 1.41 bits per heavy atom. The highest BCUT2D eigenvalue weighted by atomic mass is 28.3. The van der Waals surface area contributed by atoms with E-state index in [1.807, 2.05) is 12.1 Å². The van der Waals surface area contributed by atoms with Crippen LogP contribution in [-0.2, 0) is 9.78 Å². The standard InChI is InChI=1S/C25H40O3Si/c1-4-29(5-2,6-3)24-20-18-22(19-21-24)25(26)28-27-23-16-14-12-10-8-7-9-11-13-15-17-23/h4,18-21,23H,1,5-17H2,2-3H3. The summed E-state index contributed by atoms with van der Waals surface area (Å²) >= 11 is 0. The Kier molecular flexibility index (Phi) is 10.7. The molecule has 3 nitrogen and oxygen atoms in total. The Balaban J connectivity index is 1.90. The predicted molar refractivity (Wildman–Crippen MR) is 124 cm³/mol. The molecule has 0 radical (unpaired) electrons. The second-order valence-corrected chi connectivity index (χ2v) is 13.2. The summed E-state index contributed by atoms with van der Waals surface area (Å²) in [4.78, 5) is 23.3. The van der Waals surface area contributed by atoms with Gasteiger partial charge in [-0.1, -0.05) is 107 Å². The molecule has 0 unspecified atom stereocenters. The summed E-state index contributed by atoms with van der Waals surface area (Å²) in [6.45, 7) is 8.54. The van der Waals surface area contributed by atoms with Gasteiger partial charge in [0.05, 0.1) is 5.56 Å². The van der Waals surface area contributed by atoms with Crippen molar-refractivity contribution in [1.82, 2.24) is 0 Å². The Morgan fingerprint density at radius 1 is 0.931 bits per heavy atom. The van der Waals surface area contributed by atoms with Gasteiger partial charge in [-0.05, 0) is 25.0 Å². The third kappa shape index (κ3) is 7.42. The fourth-order valence-corrected chi connectivity index (χ4v) is 7.34. The van der Waals surface area contributed by atoms with Gasteiger partial charge in [0.2, 0.25) is 0 Å². The molecule has 0 bridgehead atoms. The normalized spacial score (nSPS) is 17.7. The summed E-state index contributed by atoms with van der Waals surface area (Å²) < 4.78 is 0. The van der Waals surface area contributed by atoms with Crippen LogP contribution in [0.1, 0.15) is 94.8 Å². The lowest BCUT2D eigenvalue weighted by Gasteiger charge is -2.26. The van der Waals surface area contributed by atoms with E-state index in [0.29, 0.717) is 5.56 Å². The summed E-state index contributed by atoms with van der Waals surface area (Å²) in [7, 11) is -1.64. The van der Waals surface area contributed by atoms with E-state index in [1.54, 1.807) is 0 Å². The highest BCUT2D eigenvalue weighted by Gasteiger charge is 2.27. The van der Waals surface area contributed by atoms with E-state index < -0.39 is 8.07 Å². The average molecular weight is 417 g/mol. The molecule has 0 N–H and O–H groups in total. The van der Waals surface area contributed by atoms with Crippen LogP contribution in [0.4, 0.5) is 0 Å². The van der Waals surface area contributed by atoms with Crippen molar-refractivity contribution in [2.75, 3.05) is 0 Å². The largest absolute Gasteiger partial charge is 0.373 e. The van der Waals surface area contributed by atoms with Gasteiger partial charge >= 0.3 is 5.97 Å². The monoisotopic (exact) mass is 416 g/mol. The molecule has 0 amide bonds. The molecule has 0 spiro atoms. The Hall–Kier alpha value is -1.39. The number of rotatable bonds is 7. The van der Waals surface area contributed by atoms with Gasteiger partial charge in [-0.25, -0.2) is 4.79 Å². The fourth-order valence-electron chi connectivity index (χ4n) is 4.38. The van der Waals surface area contributed by atoms with Crippen LogP contribution in [0.3, 0.4) is 0 Å². The molecule has 1 aliphatic rings. The van der Waals surface area contributed by atoms with Crippen LogP contribution in [0.25, 0.3) is 0 Å². The second kappa shape index (κ2) is 13.0. The average Bonchev–Trinajstić information content (AvgIpc) is 2.75. The van der Waals surface area contributed by atoms with Crippen molar-refractivity contribution in [2.45, 2.75) is 103 Å². The van der Waals surface area contributed by atoms with E-state index in [1.165, 1.54) is 50.1 Å². The number of carbonyl (C=O) groups is 1. The molecule has 1 aromatic carbocycles. The lowest BCUT2D eigenvalue weighted by Crippen LogP contribution is -2.44. The molecule has 0 aliphatic heterocycles. The Bertz CT molecular complexity index is 595. The molecule has 1 fully saturated rings. The van der Waals surface area contributed by atoms with Gasteiger partial charge in [0, 0.05) is 0 Å². The lowest BCUT2D eigenvalue weighted by atomic mass is 9.99. The molecule has 29 heavy (non-hydrogen) atoms. The quantitative estimate of drug-likeness (QED) is 0.276. The third-order valence-electron chi connectivity index (χ3n) is 6.66. The molecule has 0 atom stereocenters. The van der Waals surface area contributed by atoms with Crippen LogP contribution in [-0.4, -0.2) is 20.1 Å². The smallest absolute Gasteiger partial charge is 0.293 e. The zero-order chi connectivity index (χ0) is 21.0. The highest BCUT2D eigenvalue weighted by molar-refractivity contribution is 6.95. The number of benzene rings is 1. The van der Waals surface area contributed by atoms with Crippen LogP contribution in [0.5, 0.6) is 0 Å². The zero-order valence-corrected chi connectivity index (χ0v) is 19.6. The second-order valence-electron chi connectivity index (χ2n) is 8.49. The molecule has 1 saturated carbocycles. The minimum absolute atomic E-state index is 0.0265. The van der Waals surface area contributed by atoms with E-state index in [4.69, 9.17) is 9.78 Å². The summed E-state index contributed by atoms with van der Waals surface area (Å²) in [5.41, 5.74) is 2.72. The first-order valence-electron chi connectivity index (χ1n) is 11.8. The molecule has 0 saturated heterocycles. The summed E-state index contributed by atoms with van der Waals surface area (Å²) in [6, 6.07) is 10.2. The van der Waals surface area contributed by atoms with Crippen molar-refractivity contribution in [3.8, 4) is 0 Å². The van der Waals surface area contributed by atoms with Crippen LogP contribution >= 0.6 is 0 Å². The van der Waals surface area contributed by atoms with E-state index in [9.17, 15) is 4.79 Å². The van der Waals surface area contributed by atoms with Gasteiger partial charge in [-0.15, -0.1) is 6.58 Å². The van der Waals surface area contributed by atoms with Gasteiger partial charge in [-0.2, -0.15) is 4.89 Å². The maximum atomic E-state index is 12.5. The summed E-state index contributed by atoms with van der Waals surface area (Å²) in [5, 5.41) is 1.33. The van der Waals surface area contributed by atoms with Gasteiger partial charge in [-0.3, -0.25) is 4.89 Å². The van der Waals surface area contributed by atoms with Crippen molar-refractivity contribution in [3.63, 3.8) is 0 Å². The molecule has 0 aromatic heterocycles. The molecule has 1 aromatic rings. The van der Waals surface area contributed by atoms with E-state index in [2.05, 4.69) is 38.3 Å². The first kappa shape index (κ1) is 23.9. The topological polar surface area (TPSA) is 35.5 Å². The molecule has 2 rings (SSSR count). The van der Waals surface area contributed by atoms with E-state index in [-0.39, 0.29) is 12.1 Å². The summed E-state index contributed by atoms with van der Waals surface area (Å²) in [5.74, 6) is -0.387. The van der Waals surface area contributed by atoms with Crippen molar-refractivity contribution in [1.29, 1.82) is 0 Å². The molecular formula is C25H40O3Si. The first-order chi connectivity index (χ1) is 14.1. The van der Waals surface area contributed by atoms with Crippen LogP contribution in [0.2, 0.25) is 12.1 Å². The van der Waals surface area contributed by atoms with Crippen molar-refractivity contribution in [3.05, 3.63) is 42.1 Å². The minimum Gasteiger partial charge on any atom is -0.293 e. The maximum Gasteiger partial charge on any atom is 0.373 e. The van der Waals surface area contributed by atoms with Crippen molar-refractivity contribution in [2.24, 2.45) is 0 Å². The Morgan fingerprint density at radius 3 is 1.86 bits per heavy atom. The predicted octanol–water partition coefficient (Wildman–Crippen LogP) is 6.87. The number of hydrogen-bond donors (Lipinski definition) is 0. The zero-order valence-electron chi connectivity index (χ0n) is 18.6. The van der Waals surface area contributed by atoms with Crippen LogP contribution in [0.15, 0.2) is 36.5 Å². The molecule has 162 valence electrons. The van der Waals surface area contributed by atoms with E-state index >= 15 is 0 Å². The van der Waals surface area contributed by atoms with E-state index in [0.717, 1.165) is 37.8 Å². The molecule has 4 heteroatoms. The first-order valence-corrected chi connectivity index (χ1v) is 14.3. The van der Waals surface area contributed by atoms with Crippen LogP contribution < -0.4 is 5.19 Å². The fraction of sp³-hybridized carbons (Fsp3) is 0.640. The van der Waals surface area contributed by atoms with Crippen molar-refractivity contribution < 1.29 is 14.6 Å². The van der Waals surface area contributed by atoms with Gasteiger partial charge < -0.3 is 0 Å². The van der Waals surface area contributed by atoms with Gasteiger partial charge in [0.25, 0.3) is 0 Å². The lowest BCUT2D eigenvalue weighted by molar-refractivity contribution is -0.277. The molecular weight excluding hydrogens is 376 g/mol. The van der Waals surface area contributed by atoms with Crippen molar-refractivity contribution >= 4 is 19.2 Å². The van der Waals surface area contributed by atoms with Crippen LogP contribution in [0, 0.1) is 0 Å². The third-order valence-corrected chi connectivity index (χ3v) is 11.4. The minimum atomic E-state index is -1.64. The Labute approximate surface area is 178 Å². The maximum absolute atomic E-state index is 12.5. The number of carbonyl (C=O) groups excluding carboxylic acids is 1. The molecule has 1 aliphatic carbocycles. The molecule has 0 heterocycles. The van der Waals surface area contributed by atoms with Gasteiger partial charge in [0.1, 0.15) is 14.2 Å². The highest BCUT2D eigenvalue weighted by Crippen LogP contribution is 2.20. The summed E-state index contributed by atoms with van der Waals surface area (Å²) in [6.07, 6.45) is 13.5.